The van der Waals surface area contributed by atoms with Crippen molar-refractivity contribution in [3.05, 3.63) is 170 Å². The van der Waals surface area contributed by atoms with Crippen molar-refractivity contribution >= 4 is 18.5 Å². The first-order valence-electron chi connectivity index (χ1n) is 24.5. The third-order valence-electron chi connectivity index (χ3n) is 13.1. The summed E-state index contributed by atoms with van der Waals surface area (Å²) in [5, 5.41) is 2.61. The molecule has 0 radical (unpaired) electrons. The fraction of sp³-hybridized carbons (Fsp3) is 0.452. The molecule has 5 heteroatoms. The summed E-state index contributed by atoms with van der Waals surface area (Å²) >= 11 is 0. The molecule has 0 atom stereocenters. The third-order valence-corrected chi connectivity index (χ3v) is 15.4. The summed E-state index contributed by atoms with van der Waals surface area (Å²) in [6, 6.07) is 36.0. The van der Waals surface area contributed by atoms with Gasteiger partial charge in [-0.2, -0.15) is 0 Å². The maximum atomic E-state index is 7.22. The number of aryl methyl sites for hydroxylation is 1. The Labute approximate surface area is 408 Å². The molecular weight excluding hydrogens is 840 g/mol. The van der Waals surface area contributed by atoms with Crippen LogP contribution in [0.4, 0.5) is 0 Å². The van der Waals surface area contributed by atoms with Crippen LogP contribution in [-0.2, 0) is 46.7 Å². The van der Waals surface area contributed by atoms with Gasteiger partial charge in [0.05, 0.1) is 26.6 Å². The van der Waals surface area contributed by atoms with Crippen LogP contribution < -0.4 is 24.8 Å². The summed E-state index contributed by atoms with van der Waals surface area (Å²) in [5.41, 5.74) is 13.1. The van der Waals surface area contributed by atoms with E-state index in [4.69, 9.17) is 18.9 Å². The normalized spacial score (nSPS) is 13.1. The molecule has 0 aromatic heterocycles. The smallest absolute Gasteiger partial charge is 0.126 e. The van der Waals surface area contributed by atoms with E-state index in [1.54, 1.807) is 7.11 Å². The van der Waals surface area contributed by atoms with E-state index in [2.05, 4.69) is 214 Å². The van der Waals surface area contributed by atoms with Crippen LogP contribution in [0.5, 0.6) is 17.2 Å². The molecule has 360 valence electrons. The van der Waals surface area contributed by atoms with Gasteiger partial charge >= 0.3 is 0 Å². The molecule has 0 saturated carbocycles. The second-order valence-electron chi connectivity index (χ2n) is 22.4. The van der Waals surface area contributed by atoms with Crippen LogP contribution in [0.15, 0.2) is 120 Å². The SMILES string of the molecule is CCOc1c(CC(/C=C(\C)C(C)(C)C)=C(/C)OC)cc(C(C)(C)C)cc1Cc1cc(C(C)(C)C)cc(Cc2cc(C(C)(C)C)cc(CC)c2OCP(c2ccccc2)c2ccccc2)c1OC. The van der Waals surface area contributed by atoms with E-state index in [0.29, 0.717) is 32.2 Å². The monoisotopic (exact) mass is 923 g/mol. The lowest BCUT2D eigenvalue weighted by atomic mass is 9.80. The Morgan fingerprint density at radius 1 is 0.522 bits per heavy atom. The number of hydrogen-bond donors (Lipinski definition) is 0. The molecule has 0 amide bonds. The van der Waals surface area contributed by atoms with E-state index in [-0.39, 0.29) is 21.7 Å². The van der Waals surface area contributed by atoms with Gasteiger partial charge in [0.15, 0.2) is 0 Å². The van der Waals surface area contributed by atoms with Crippen molar-refractivity contribution in [1.29, 1.82) is 0 Å². The minimum absolute atomic E-state index is 0.0272. The van der Waals surface area contributed by atoms with Gasteiger partial charge in [0.25, 0.3) is 0 Å². The van der Waals surface area contributed by atoms with Crippen LogP contribution in [-0.4, -0.2) is 27.2 Å². The first-order chi connectivity index (χ1) is 31.4. The van der Waals surface area contributed by atoms with Gasteiger partial charge in [-0.15, -0.1) is 0 Å². The topological polar surface area (TPSA) is 36.9 Å². The second kappa shape index (κ2) is 22.1. The van der Waals surface area contributed by atoms with Crippen LogP contribution in [0.25, 0.3) is 0 Å². The fourth-order valence-electron chi connectivity index (χ4n) is 8.40. The van der Waals surface area contributed by atoms with Gasteiger partial charge in [0.1, 0.15) is 23.6 Å². The number of benzene rings is 5. The Bertz CT molecular complexity index is 2460. The zero-order valence-electron chi connectivity index (χ0n) is 44.6. The molecular formula is C62H83O4P. The Morgan fingerprint density at radius 3 is 1.30 bits per heavy atom. The van der Waals surface area contributed by atoms with Crippen molar-refractivity contribution in [1.82, 2.24) is 0 Å². The zero-order chi connectivity index (χ0) is 49.5. The summed E-state index contributed by atoms with van der Waals surface area (Å²) < 4.78 is 26.5. The lowest BCUT2D eigenvalue weighted by Gasteiger charge is -2.28. The lowest BCUT2D eigenvalue weighted by molar-refractivity contribution is 0.289. The number of rotatable bonds is 17. The van der Waals surface area contributed by atoms with Crippen molar-refractivity contribution in [2.45, 2.75) is 153 Å². The van der Waals surface area contributed by atoms with E-state index in [0.717, 1.165) is 51.7 Å². The molecule has 0 fully saturated rings. The maximum Gasteiger partial charge on any atom is 0.126 e. The molecule has 0 aliphatic carbocycles. The number of allylic oxidation sites excluding steroid dienone is 4. The van der Waals surface area contributed by atoms with E-state index in [1.807, 2.05) is 7.11 Å². The predicted molar refractivity (Wildman–Crippen MR) is 289 cm³/mol. The van der Waals surface area contributed by atoms with Gasteiger partial charge in [-0.25, -0.2) is 0 Å². The van der Waals surface area contributed by atoms with Crippen LogP contribution in [0.2, 0.25) is 0 Å². The molecule has 4 nitrogen and oxygen atoms in total. The highest BCUT2D eigenvalue weighted by molar-refractivity contribution is 7.72. The fourth-order valence-corrected chi connectivity index (χ4v) is 10.3. The number of ether oxygens (including phenoxy) is 4. The lowest BCUT2D eigenvalue weighted by Crippen LogP contribution is -2.18. The van der Waals surface area contributed by atoms with Crippen molar-refractivity contribution in [2.75, 3.05) is 27.2 Å². The molecule has 0 saturated heterocycles. The molecule has 0 aliphatic rings. The molecule has 5 aromatic rings. The summed E-state index contributed by atoms with van der Waals surface area (Å²) in [5.74, 6) is 3.77. The van der Waals surface area contributed by atoms with Gasteiger partial charge in [0.2, 0.25) is 0 Å². The van der Waals surface area contributed by atoms with Crippen molar-refractivity contribution in [2.24, 2.45) is 5.41 Å². The quantitative estimate of drug-likeness (QED) is 0.0529. The van der Waals surface area contributed by atoms with Gasteiger partial charge in [-0.3, -0.25) is 0 Å². The molecule has 0 bridgehead atoms. The molecule has 5 rings (SSSR count). The first-order valence-corrected chi connectivity index (χ1v) is 26.0. The standard InChI is InChI=1S/C62H83O4P/c1-19-44-35-51(60(8,9)10)39-49(57(44)66-41-67(54-27-23-21-24-28-54)55-29-25-22-26-30-55)33-46-36-52(61(11,12)13)37-47(56(46)64-18)34-50-40-53(62(14,15)16)38-48(58(50)65-20-2)32-45(43(4)63-17)31-42(3)59(5,6)7/h21-31,35-40H,19-20,32-34,41H2,1-18H3/b42-31+,45-43-. The molecule has 5 aromatic carbocycles. The average Bonchev–Trinajstić information content (AvgIpc) is 3.26. The number of hydrogen-bond acceptors (Lipinski definition) is 4. The minimum atomic E-state index is -0.770. The van der Waals surface area contributed by atoms with Gasteiger partial charge in [-0.1, -0.05) is 199 Å². The van der Waals surface area contributed by atoms with Crippen molar-refractivity contribution < 1.29 is 18.9 Å². The average molecular weight is 923 g/mol. The molecule has 67 heavy (non-hydrogen) atoms. The second-order valence-corrected chi connectivity index (χ2v) is 24.5. The van der Waals surface area contributed by atoms with Gasteiger partial charge in [-0.05, 0) is 123 Å². The van der Waals surface area contributed by atoms with Gasteiger partial charge in [0, 0.05) is 19.3 Å². The maximum absolute atomic E-state index is 7.22. The number of methoxy groups -OCH3 is 2. The van der Waals surface area contributed by atoms with Crippen molar-refractivity contribution in [3.8, 4) is 17.2 Å². The van der Waals surface area contributed by atoms with E-state index in [9.17, 15) is 0 Å². The molecule has 0 aliphatic heterocycles. The largest absolute Gasteiger partial charge is 0.501 e. The highest BCUT2D eigenvalue weighted by Gasteiger charge is 2.27. The van der Waals surface area contributed by atoms with E-state index < -0.39 is 7.92 Å². The minimum Gasteiger partial charge on any atom is -0.501 e. The highest BCUT2D eigenvalue weighted by atomic mass is 31.1. The Kier molecular flexibility index (Phi) is 17.5. The van der Waals surface area contributed by atoms with Crippen LogP contribution >= 0.6 is 7.92 Å². The Morgan fingerprint density at radius 2 is 0.925 bits per heavy atom. The first kappa shape index (κ1) is 53.2. The van der Waals surface area contributed by atoms with Gasteiger partial charge < -0.3 is 18.9 Å². The Balaban J connectivity index is 1.72. The summed E-state index contributed by atoms with van der Waals surface area (Å²) in [4.78, 5) is 0. The zero-order valence-corrected chi connectivity index (χ0v) is 45.5. The Hall–Kier alpha value is -4.79. The molecule has 0 unspecified atom stereocenters. The summed E-state index contributed by atoms with van der Waals surface area (Å²) in [7, 11) is 2.84. The molecule has 0 N–H and O–H groups in total. The van der Waals surface area contributed by atoms with Crippen LogP contribution in [0.3, 0.4) is 0 Å². The third kappa shape index (κ3) is 13.7. The highest BCUT2D eigenvalue weighted by Crippen LogP contribution is 2.43. The molecule has 0 heterocycles. The molecule has 0 spiro atoms. The summed E-state index contributed by atoms with van der Waals surface area (Å²) in [6.45, 7) is 36.7. The van der Waals surface area contributed by atoms with Crippen molar-refractivity contribution in [3.63, 3.8) is 0 Å². The van der Waals surface area contributed by atoms with E-state index in [1.165, 1.54) is 49.6 Å². The summed E-state index contributed by atoms with van der Waals surface area (Å²) in [6.07, 6.45) is 5.77. The van der Waals surface area contributed by atoms with E-state index >= 15 is 0 Å². The van der Waals surface area contributed by atoms with Crippen LogP contribution in [0, 0.1) is 5.41 Å². The van der Waals surface area contributed by atoms with Crippen LogP contribution in [0.1, 0.15) is 161 Å². The predicted octanol–water partition coefficient (Wildman–Crippen LogP) is 15.7.